The van der Waals surface area contributed by atoms with Crippen molar-refractivity contribution in [2.75, 3.05) is 19.3 Å². The van der Waals surface area contributed by atoms with Crippen molar-refractivity contribution in [2.45, 2.75) is 31.1 Å². The fourth-order valence-corrected chi connectivity index (χ4v) is 3.00. The van der Waals surface area contributed by atoms with Crippen LogP contribution in [0.15, 0.2) is 16.8 Å². The Hall–Kier alpha value is -1.34. The lowest BCUT2D eigenvalue weighted by atomic mass is 9.94. The molecule has 6 nitrogen and oxygen atoms in total. The summed E-state index contributed by atoms with van der Waals surface area (Å²) in [5.74, 6) is 2.93. The zero-order valence-corrected chi connectivity index (χ0v) is 12.4. The molecule has 0 bridgehead atoms. The van der Waals surface area contributed by atoms with E-state index in [1.54, 1.807) is 11.8 Å². The molecular formula is C13H19N5OS. The SMILES string of the molecule is CSCc1noc(CN2CCC(c3ccn[nH]3)CC2)n1. The lowest BCUT2D eigenvalue weighted by Crippen LogP contribution is -2.32. The zero-order valence-electron chi connectivity index (χ0n) is 11.6. The fourth-order valence-electron chi connectivity index (χ4n) is 2.63. The van der Waals surface area contributed by atoms with E-state index in [2.05, 4.69) is 31.3 Å². The Morgan fingerprint density at radius 1 is 1.45 bits per heavy atom. The number of H-pyrrole nitrogens is 1. The Kier molecular flexibility index (Phi) is 4.37. The molecule has 1 fully saturated rings. The number of rotatable bonds is 5. The van der Waals surface area contributed by atoms with Gasteiger partial charge in [0, 0.05) is 17.8 Å². The maximum absolute atomic E-state index is 5.29. The first-order valence-electron chi connectivity index (χ1n) is 6.87. The number of aromatic amines is 1. The van der Waals surface area contributed by atoms with E-state index in [-0.39, 0.29) is 0 Å². The predicted molar refractivity (Wildman–Crippen MR) is 77.4 cm³/mol. The van der Waals surface area contributed by atoms with Crippen LogP contribution in [0, 0.1) is 0 Å². The first-order valence-corrected chi connectivity index (χ1v) is 8.26. The van der Waals surface area contributed by atoms with Crippen LogP contribution in [-0.2, 0) is 12.3 Å². The topological polar surface area (TPSA) is 70.8 Å². The number of piperidine rings is 1. The highest BCUT2D eigenvalue weighted by Crippen LogP contribution is 2.26. The van der Waals surface area contributed by atoms with Gasteiger partial charge in [0.1, 0.15) is 0 Å². The number of thioether (sulfide) groups is 1. The zero-order chi connectivity index (χ0) is 13.8. The molecule has 0 unspecified atom stereocenters. The van der Waals surface area contributed by atoms with E-state index >= 15 is 0 Å². The highest BCUT2D eigenvalue weighted by molar-refractivity contribution is 7.97. The van der Waals surface area contributed by atoms with Gasteiger partial charge in [-0.3, -0.25) is 10.00 Å². The number of nitrogens with one attached hydrogen (secondary N) is 1. The number of likely N-dealkylation sites (tertiary alicyclic amines) is 1. The third-order valence-electron chi connectivity index (χ3n) is 3.69. The third kappa shape index (κ3) is 3.21. The normalized spacial score (nSPS) is 17.6. The van der Waals surface area contributed by atoms with Crippen molar-refractivity contribution in [3.63, 3.8) is 0 Å². The molecule has 1 N–H and O–H groups in total. The van der Waals surface area contributed by atoms with Crippen molar-refractivity contribution in [3.8, 4) is 0 Å². The third-order valence-corrected chi connectivity index (χ3v) is 4.24. The molecule has 0 spiro atoms. The van der Waals surface area contributed by atoms with Gasteiger partial charge in [0.2, 0.25) is 5.89 Å². The second kappa shape index (κ2) is 6.41. The van der Waals surface area contributed by atoms with Crippen LogP contribution in [0.1, 0.15) is 36.2 Å². The van der Waals surface area contributed by atoms with Gasteiger partial charge in [0.25, 0.3) is 0 Å². The van der Waals surface area contributed by atoms with Gasteiger partial charge in [0.15, 0.2) is 5.82 Å². The van der Waals surface area contributed by atoms with Gasteiger partial charge in [-0.25, -0.2) is 0 Å². The van der Waals surface area contributed by atoms with Crippen LogP contribution in [-0.4, -0.2) is 44.6 Å². The molecule has 3 rings (SSSR count). The highest BCUT2D eigenvalue weighted by Gasteiger charge is 2.22. The maximum Gasteiger partial charge on any atom is 0.240 e. The Morgan fingerprint density at radius 2 is 2.30 bits per heavy atom. The van der Waals surface area contributed by atoms with E-state index in [4.69, 9.17) is 4.52 Å². The van der Waals surface area contributed by atoms with Gasteiger partial charge >= 0.3 is 0 Å². The number of nitrogens with zero attached hydrogens (tertiary/aromatic N) is 4. The molecule has 1 saturated heterocycles. The summed E-state index contributed by atoms with van der Waals surface area (Å²) < 4.78 is 5.29. The van der Waals surface area contributed by atoms with Crippen LogP contribution in [0.5, 0.6) is 0 Å². The molecule has 2 aromatic rings. The van der Waals surface area contributed by atoms with Gasteiger partial charge in [-0.05, 0) is 38.3 Å². The monoisotopic (exact) mass is 293 g/mol. The first-order chi connectivity index (χ1) is 9.85. The Balaban J connectivity index is 1.50. The molecule has 2 aromatic heterocycles. The quantitative estimate of drug-likeness (QED) is 0.909. The average molecular weight is 293 g/mol. The van der Waals surface area contributed by atoms with Crippen LogP contribution in [0.2, 0.25) is 0 Å². The van der Waals surface area contributed by atoms with E-state index in [1.165, 1.54) is 5.69 Å². The van der Waals surface area contributed by atoms with Gasteiger partial charge in [-0.2, -0.15) is 21.8 Å². The van der Waals surface area contributed by atoms with Gasteiger partial charge in [0.05, 0.1) is 12.3 Å². The van der Waals surface area contributed by atoms with E-state index in [9.17, 15) is 0 Å². The van der Waals surface area contributed by atoms with Gasteiger partial charge in [-0.1, -0.05) is 5.16 Å². The van der Waals surface area contributed by atoms with E-state index in [0.29, 0.717) is 5.92 Å². The molecule has 0 aromatic carbocycles. The first kappa shape index (κ1) is 13.6. The van der Waals surface area contributed by atoms with E-state index < -0.39 is 0 Å². The lowest BCUT2D eigenvalue weighted by molar-refractivity contribution is 0.180. The molecule has 0 saturated carbocycles. The minimum Gasteiger partial charge on any atom is -0.338 e. The number of hydrogen-bond acceptors (Lipinski definition) is 6. The van der Waals surface area contributed by atoms with Gasteiger partial charge < -0.3 is 4.52 Å². The molecule has 108 valence electrons. The fraction of sp³-hybridized carbons (Fsp3) is 0.615. The van der Waals surface area contributed by atoms with Crippen molar-refractivity contribution in [2.24, 2.45) is 0 Å². The standard InChI is InChI=1S/C13H19N5OS/c1-20-9-12-15-13(19-17-12)8-18-6-3-10(4-7-18)11-2-5-14-16-11/h2,5,10H,3-4,6-9H2,1H3,(H,14,16). The summed E-state index contributed by atoms with van der Waals surface area (Å²) in [6, 6.07) is 2.08. The van der Waals surface area contributed by atoms with Crippen LogP contribution >= 0.6 is 11.8 Å². The summed E-state index contributed by atoms with van der Waals surface area (Å²) in [7, 11) is 0. The lowest BCUT2D eigenvalue weighted by Gasteiger charge is -2.30. The summed E-state index contributed by atoms with van der Waals surface area (Å²) in [6.07, 6.45) is 6.16. The molecule has 3 heterocycles. The minimum atomic E-state index is 0.600. The summed E-state index contributed by atoms with van der Waals surface area (Å²) in [4.78, 5) is 6.78. The maximum atomic E-state index is 5.29. The molecule has 1 aliphatic rings. The highest BCUT2D eigenvalue weighted by atomic mass is 32.2. The van der Waals surface area contributed by atoms with Crippen LogP contribution < -0.4 is 0 Å². The van der Waals surface area contributed by atoms with E-state index in [0.717, 1.165) is 49.9 Å². The molecule has 0 amide bonds. The van der Waals surface area contributed by atoms with E-state index in [1.807, 2.05) is 12.5 Å². The van der Waals surface area contributed by atoms with Crippen LogP contribution in [0.3, 0.4) is 0 Å². The smallest absolute Gasteiger partial charge is 0.240 e. The summed E-state index contributed by atoms with van der Waals surface area (Å²) in [6.45, 7) is 2.88. The van der Waals surface area contributed by atoms with Gasteiger partial charge in [-0.15, -0.1) is 0 Å². The molecule has 0 atom stereocenters. The molecule has 0 radical (unpaired) electrons. The molecule has 0 aliphatic carbocycles. The largest absolute Gasteiger partial charge is 0.338 e. The predicted octanol–water partition coefficient (Wildman–Crippen LogP) is 2.04. The Bertz CT molecular complexity index is 519. The summed E-state index contributed by atoms with van der Waals surface area (Å²) in [5, 5.41) is 11.1. The minimum absolute atomic E-state index is 0.600. The summed E-state index contributed by atoms with van der Waals surface area (Å²) >= 11 is 1.70. The van der Waals surface area contributed by atoms with Crippen molar-refractivity contribution < 1.29 is 4.52 Å². The molecular weight excluding hydrogens is 274 g/mol. The van der Waals surface area contributed by atoms with Crippen molar-refractivity contribution in [3.05, 3.63) is 29.7 Å². The van der Waals surface area contributed by atoms with Crippen LogP contribution in [0.25, 0.3) is 0 Å². The Labute approximate surface area is 122 Å². The van der Waals surface area contributed by atoms with Crippen molar-refractivity contribution in [1.29, 1.82) is 0 Å². The average Bonchev–Trinajstić information content (AvgIpc) is 3.12. The molecule has 7 heteroatoms. The Morgan fingerprint density at radius 3 is 3.00 bits per heavy atom. The number of aromatic nitrogens is 4. The van der Waals surface area contributed by atoms with Crippen LogP contribution in [0.4, 0.5) is 0 Å². The second-order valence-electron chi connectivity index (χ2n) is 5.10. The molecule has 20 heavy (non-hydrogen) atoms. The number of hydrogen-bond donors (Lipinski definition) is 1. The second-order valence-corrected chi connectivity index (χ2v) is 5.97. The molecule has 1 aliphatic heterocycles. The summed E-state index contributed by atoms with van der Waals surface area (Å²) in [5.41, 5.74) is 1.25. The van der Waals surface area contributed by atoms with Crippen molar-refractivity contribution >= 4 is 11.8 Å². The van der Waals surface area contributed by atoms with Crippen molar-refractivity contribution in [1.82, 2.24) is 25.2 Å².